The maximum absolute atomic E-state index is 12.1. The number of carbonyl (C=O) groups excluding carboxylic acids is 1. The highest BCUT2D eigenvalue weighted by Gasteiger charge is 2.16. The van der Waals surface area contributed by atoms with Crippen LogP contribution < -0.4 is 0 Å². The monoisotopic (exact) mass is 395 g/mol. The van der Waals surface area contributed by atoms with Crippen LogP contribution >= 0.6 is 27.7 Å². The van der Waals surface area contributed by atoms with Crippen molar-refractivity contribution >= 4 is 33.6 Å². The summed E-state index contributed by atoms with van der Waals surface area (Å²) in [6, 6.07) is 7.71. The highest BCUT2D eigenvalue weighted by atomic mass is 79.9. The van der Waals surface area contributed by atoms with Gasteiger partial charge in [0.1, 0.15) is 0 Å². The maximum Gasteiger partial charge on any atom is 0.276 e. The van der Waals surface area contributed by atoms with E-state index in [2.05, 4.69) is 26.1 Å². The first-order chi connectivity index (χ1) is 11.2. The van der Waals surface area contributed by atoms with Crippen LogP contribution in [0.25, 0.3) is 11.5 Å². The topological polar surface area (TPSA) is 59.2 Å². The molecule has 1 aromatic heterocycles. The normalized spacial score (nSPS) is 14.9. The zero-order chi connectivity index (χ0) is 16.1. The molecule has 1 aliphatic heterocycles. The average molecular weight is 396 g/mol. The van der Waals surface area contributed by atoms with Gasteiger partial charge in [-0.2, -0.15) is 0 Å². The molecule has 2 heterocycles. The van der Waals surface area contributed by atoms with Crippen LogP contribution in [0.3, 0.4) is 0 Å². The Balaban J connectivity index is 1.49. The molecule has 1 saturated heterocycles. The molecule has 2 aromatic rings. The van der Waals surface area contributed by atoms with Crippen LogP contribution in [0.4, 0.5) is 0 Å². The second-order valence-electron chi connectivity index (χ2n) is 5.42. The fourth-order valence-electron chi connectivity index (χ4n) is 2.50. The lowest BCUT2D eigenvalue weighted by molar-refractivity contribution is -0.131. The standard InChI is InChI=1S/C16H18BrN3O2S/c17-13-6-4-12(5-7-13)15-18-19-16(22-15)23-11-8-14(21)20-9-2-1-3-10-20/h4-7H,1-3,8-11H2. The summed E-state index contributed by atoms with van der Waals surface area (Å²) in [5, 5.41) is 8.60. The number of likely N-dealkylation sites (tertiary alicyclic amines) is 1. The van der Waals surface area contributed by atoms with Gasteiger partial charge in [-0.25, -0.2) is 0 Å². The van der Waals surface area contributed by atoms with E-state index in [0.717, 1.165) is 36.0 Å². The molecule has 1 amide bonds. The Morgan fingerprint density at radius 3 is 2.65 bits per heavy atom. The molecule has 0 radical (unpaired) electrons. The van der Waals surface area contributed by atoms with Crippen LogP contribution in [-0.4, -0.2) is 39.8 Å². The van der Waals surface area contributed by atoms with E-state index in [1.165, 1.54) is 18.2 Å². The summed E-state index contributed by atoms with van der Waals surface area (Å²) in [7, 11) is 0. The second kappa shape index (κ2) is 7.97. The van der Waals surface area contributed by atoms with Crippen LogP contribution in [0.5, 0.6) is 0 Å². The lowest BCUT2D eigenvalue weighted by Crippen LogP contribution is -2.35. The van der Waals surface area contributed by atoms with Crippen molar-refractivity contribution in [1.82, 2.24) is 15.1 Å². The molecule has 5 nitrogen and oxygen atoms in total. The number of piperidine rings is 1. The zero-order valence-electron chi connectivity index (χ0n) is 12.7. The van der Waals surface area contributed by atoms with E-state index in [9.17, 15) is 4.79 Å². The van der Waals surface area contributed by atoms with Crippen molar-refractivity contribution in [2.24, 2.45) is 0 Å². The van der Waals surface area contributed by atoms with Crippen molar-refractivity contribution in [2.45, 2.75) is 30.9 Å². The fraction of sp³-hybridized carbons (Fsp3) is 0.438. The summed E-state index contributed by atoms with van der Waals surface area (Å²) in [6.45, 7) is 1.80. The lowest BCUT2D eigenvalue weighted by Gasteiger charge is -2.26. The molecule has 0 N–H and O–H groups in total. The first kappa shape index (κ1) is 16.5. The first-order valence-electron chi connectivity index (χ1n) is 7.72. The summed E-state index contributed by atoms with van der Waals surface area (Å²) in [5.41, 5.74) is 0.886. The third-order valence-corrected chi connectivity index (χ3v) is 5.10. The Hall–Kier alpha value is -1.34. The number of halogens is 1. The summed E-state index contributed by atoms with van der Waals surface area (Å²) in [6.07, 6.45) is 4.00. The van der Waals surface area contributed by atoms with Crippen molar-refractivity contribution in [3.8, 4) is 11.5 Å². The molecule has 122 valence electrons. The maximum atomic E-state index is 12.1. The van der Waals surface area contributed by atoms with Crippen molar-refractivity contribution in [3.05, 3.63) is 28.7 Å². The van der Waals surface area contributed by atoms with Gasteiger partial charge in [0.2, 0.25) is 11.8 Å². The molecule has 0 aliphatic carbocycles. The summed E-state index contributed by atoms with van der Waals surface area (Å²) >= 11 is 4.83. The second-order valence-corrected chi connectivity index (χ2v) is 7.38. The van der Waals surface area contributed by atoms with E-state index >= 15 is 0 Å². The number of benzene rings is 1. The van der Waals surface area contributed by atoms with E-state index in [0.29, 0.717) is 23.3 Å². The molecule has 0 spiro atoms. The molecular formula is C16H18BrN3O2S. The number of amides is 1. The lowest BCUT2D eigenvalue weighted by atomic mass is 10.1. The summed E-state index contributed by atoms with van der Waals surface area (Å²) < 4.78 is 6.64. The molecule has 23 heavy (non-hydrogen) atoms. The molecule has 0 unspecified atom stereocenters. The Morgan fingerprint density at radius 2 is 1.91 bits per heavy atom. The van der Waals surface area contributed by atoms with Crippen molar-refractivity contribution in [3.63, 3.8) is 0 Å². The molecular weight excluding hydrogens is 378 g/mol. The Morgan fingerprint density at radius 1 is 1.17 bits per heavy atom. The van der Waals surface area contributed by atoms with Gasteiger partial charge in [-0.3, -0.25) is 4.79 Å². The van der Waals surface area contributed by atoms with Gasteiger partial charge in [-0.05, 0) is 43.5 Å². The first-order valence-corrected chi connectivity index (χ1v) is 9.50. The zero-order valence-corrected chi connectivity index (χ0v) is 15.1. The molecule has 0 bridgehead atoms. The van der Waals surface area contributed by atoms with Crippen molar-refractivity contribution in [1.29, 1.82) is 0 Å². The van der Waals surface area contributed by atoms with Gasteiger partial charge < -0.3 is 9.32 Å². The molecule has 3 rings (SSSR count). The van der Waals surface area contributed by atoms with Gasteiger partial charge in [0.25, 0.3) is 5.22 Å². The van der Waals surface area contributed by atoms with Crippen LogP contribution in [-0.2, 0) is 4.79 Å². The fourth-order valence-corrected chi connectivity index (χ4v) is 3.46. The van der Waals surface area contributed by atoms with Gasteiger partial charge >= 0.3 is 0 Å². The van der Waals surface area contributed by atoms with Gasteiger partial charge in [-0.15, -0.1) is 10.2 Å². The Bertz CT molecular complexity index is 654. The quantitative estimate of drug-likeness (QED) is 0.716. The van der Waals surface area contributed by atoms with E-state index < -0.39 is 0 Å². The van der Waals surface area contributed by atoms with E-state index in [1.54, 1.807) is 0 Å². The van der Waals surface area contributed by atoms with Gasteiger partial charge in [-0.1, -0.05) is 27.7 Å². The van der Waals surface area contributed by atoms with E-state index in [1.807, 2.05) is 29.2 Å². The predicted molar refractivity (Wildman–Crippen MR) is 93.2 cm³/mol. The number of carbonyl (C=O) groups is 1. The number of hydrogen-bond acceptors (Lipinski definition) is 5. The molecule has 7 heteroatoms. The number of hydrogen-bond donors (Lipinski definition) is 0. The summed E-state index contributed by atoms with van der Waals surface area (Å²) in [5.74, 6) is 1.39. The van der Waals surface area contributed by atoms with E-state index in [4.69, 9.17) is 4.42 Å². The highest BCUT2D eigenvalue weighted by molar-refractivity contribution is 9.10. The predicted octanol–water partition coefficient (Wildman–Crippen LogP) is 3.99. The van der Waals surface area contributed by atoms with Gasteiger partial charge in [0.05, 0.1) is 0 Å². The van der Waals surface area contributed by atoms with Crippen LogP contribution in [0, 0.1) is 0 Å². The largest absolute Gasteiger partial charge is 0.411 e. The molecule has 1 fully saturated rings. The van der Waals surface area contributed by atoms with Gasteiger partial charge in [0.15, 0.2) is 0 Å². The minimum Gasteiger partial charge on any atom is -0.411 e. The SMILES string of the molecule is O=C(CCSc1nnc(-c2ccc(Br)cc2)o1)N1CCCCC1. The molecule has 1 aliphatic rings. The average Bonchev–Trinajstić information content (AvgIpc) is 3.05. The minimum atomic E-state index is 0.227. The third-order valence-electron chi connectivity index (χ3n) is 3.75. The molecule has 0 atom stereocenters. The number of nitrogens with zero attached hydrogens (tertiary/aromatic N) is 3. The van der Waals surface area contributed by atoms with Crippen LogP contribution in [0.2, 0.25) is 0 Å². The Kier molecular flexibility index (Phi) is 5.72. The smallest absolute Gasteiger partial charge is 0.276 e. The number of thioether (sulfide) groups is 1. The van der Waals surface area contributed by atoms with Crippen molar-refractivity contribution in [2.75, 3.05) is 18.8 Å². The summed E-state index contributed by atoms with van der Waals surface area (Å²) in [4.78, 5) is 14.1. The molecule has 0 saturated carbocycles. The number of rotatable bonds is 5. The van der Waals surface area contributed by atoms with Gasteiger partial charge in [0, 0.05) is 35.3 Å². The third kappa shape index (κ3) is 4.57. The van der Waals surface area contributed by atoms with Crippen molar-refractivity contribution < 1.29 is 9.21 Å². The highest BCUT2D eigenvalue weighted by Crippen LogP contribution is 2.25. The van der Waals surface area contributed by atoms with Crippen LogP contribution in [0.15, 0.2) is 38.4 Å². The van der Waals surface area contributed by atoms with E-state index in [-0.39, 0.29) is 5.91 Å². The molecule has 1 aromatic carbocycles. The van der Waals surface area contributed by atoms with Crippen LogP contribution in [0.1, 0.15) is 25.7 Å². The number of aromatic nitrogens is 2. The minimum absolute atomic E-state index is 0.227. The Labute approximate surface area is 148 Å².